The van der Waals surface area contributed by atoms with Crippen LogP contribution in [0.1, 0.15) is 41.4 Å². The number of nitrogens with one attached hydrogen (secondary N) is 3. The van der Waals surface area contributed by atoms with Crippen LogP contribution in [0.2, 0.25) is 0 Å². The van der Waals surface area contributed by atoms with Crippen molar-refractivity contribution in [3.63, 3.8) is 0 Å². The fourth-order valence-electron chi connectivity index (χ4n) is 4.77. The van der Waals surface area contributed by atoms with Crippen molar-refractivity contribution in [3.8, 4) is 22.8 Å². The molecule has 3 aromatic heterocycles. The first-order valence-corrected chi connectivity index (χ1v) is 12.8. The van der Waals surface area contributed by atoms with Gasteiger partial charge in [-0.05, 0) is 55.3 Å². The van der Waals surface area contributed by atoms with Crippen LogP contribution in [0.5, 0.6) is 0 Å². The first-order chi connectivity index (χ1) is 19.4. The lowest BCUT2D eigenvalue weighted by atomic mass is 9.94. The van der Waals surface area contributed by atoms with Gasteiger partial charge in [0.15, 0.2) is 0 Å². The van der Waals surface area contributed by atoms with Crippen LogP contribution in [0.3, 0.4) is 0 Å². The van der Waals surface area contributed by atoms with Crippen LogP contribution in [0.25, 0.3) is 22.8 Å². The van der Waals surface area contributed by atoms with Crippen molar-refractivity contribution >= 4 is 23.1 Å². The third-order valence-corrected chi connectivity index (χ3v) is 6.83. The van der Waals surface area contributed by atoms with E-state index >= 15 is 0 Å². The Kier molecular flexibility index (Phi) is 6.45. The van der Waals surface area contributed by atoms with Crippen LogP contribution in [0, 0.1) is 0 Å². The summed E-state index contributed by atoms with van der Waals surface area (Å²) in [5, 5.41) is 24.1. The van der Waals surface area contributed by atoms with Crippen molar-refractivity contribution in [1.29, 1.82) is 0 Å². The summed E-state index contributed by atoms with van der Waals surface area (Å²) in [7, 11) is 0. The van der Waals surface area contributed by atoms with E-state index in [-0.39, 0.29) is 18.4 Å². The summed E-state index contributed by atoms with van der Waals surface area (Å²) in [6.07, 6.45) is 4.99. The number of benzene rings is 2. The molecular formula is C30H27N7O3. The molecule has 0 aliphatic carbocycles. The number of aromatic nitrogens is 4. The Hall–Kier alpha value is -5.09. The minimum Gasteiger partial charge on any atom is -0.394 e. The van der Waals surface area contributed by atoms with Crippen LogP contribution in [0.15, 0.2) is 89.8 Å². The molecule has 0 saturated heterocycles. The normalized spacial score (nSPS) is 14.3. The summed E-state index contributed by atoms with van der Waals surface area (Å²) in [5.41, 5.74) is 4.75. The van der Waals surface area contributed by atoms with Gasteiger partial charge in [0.25, 0.3) is 11.8 Å². The molecule has 2 aromatic carbocycles. The minimum absolute atomic E-state index is 0.0818. The van der Waals surface area contributed by atoms with E-state index in [1.54, 1.807) is 24.7 Å². The molecule has 1 aliphatic heterocycles. The standard InChI is InChI=1S/C30H27N7O3/c1-30(2)23-13-20(10-11-21(23)28(39)36-30)33-26-14-24(34-25(17-38)18-7-4-3-5-8-18)22(16-32-26)29-35-27(37-40-29)19-9-6-12-31-15-19/h3-16,25,38H,17H2,1-2H3,(H,36,39)(H2,32,33,34)/t25-/m1/s1. The molecule has 0 saturated carbocycles. The third kappa shape index (κ3) is 4.87. The number of anilines is 3. The average molecular weight is 534 g/mol. The van der Waals surface area contributed by atoms with Gasteiger partial charge in [-0.1, -0.05) is 35.5 Å². The molecule has 6 rings (SSSR count). The maximum absolute atomic E-state index is 12.3. The molecular weight excluding hydrogens is 506 g/mol. The molecule has 0 radical (unpaired) electrons. The zero-order valence-electron chi connectivity index (χ0n) is 21.9. The number of rotatable bonds is 8. The molecule has 4 N–H and O–H groups in total. The Morgan fingerprint density at radius 1 is 1.02 bits per heavy atom. The molecule has 0 unspecified atom stereocenters. The highest BCUT2D eigenvalue weighted by molar-refractivity contribution is 6.00. The predicted octanol–water partition coefficient (Wildman–Crippen LogP) is 5.06. The zero-order chi connectivity index (χ0) is 27.7. The second-order valence-electron chi connectivity index (χ2n) is 10.0. The number of carbonyl (C=O) groups excluding carboxylic acids is 1. The minimum atomic E-state index is -0.470. The molecule has 200 valence electrons. The molecule has 10 heteroatoms. The Bertz CT molecular complexity index is 1670. The molecule has 0 fully saturated rings. The van der Waals surface area contributed by atoms with Gasteiger partial charge in [0.05, 0.1) is 29.4 Å². The number of hydrogen-bond donors (Lipinski definition) is 4. The molecule has 0 spiro atoms. The lowest BCUT2D eigenvalue weighted by molar-refractivity contribution is 0.0940. The van der Waals surface area contributed by atoms with Crippen molar-refractivity contribution in [3.05, 3.63) is 102 Å². The Morgan fingerprint density at radius 2 is 1.88 bits per heavy atom. The van der Waals surface area contributed by atoms with Crippen LogP contribution < -0.4 is 16.0 Å². The smallest absolute Gasteiger partial charge is 0.261 e. The summed E-state index contributed by atoms with van der Waals surface area (Å²) in [6, 6.07) is 20.4. The van der Waals surface area contributed by atoms with Crippen LogP contribution in [-0.4, -0.2) is 37.7 Å². The van der Waals surface area contributed by atoms with Crippen molar-refractivity contribution in [2.45, 2.75) is 25.4 Å². The summed E-state index contributed by atoms with van der Waals surface area (Å²) < 4.78 is 5.62. The number of amides is 1. The Labute approximate surface area is 230 Å². The van der Waals surface area contributed by atoms with E-state index in [4.69, 9.17) is 4.52 Å². The van der Waals surface area contributed by atoms with Gasteiger partial charge in [0.2, 0.25) is 5.82 Å². The van der Waals surface area contributed by atoms with Crippen molar-refractivity contribution in [2.75, 3.05) is 17.2 Å². The van der Waals surface area contributed by atoms with Crippen molar-refractivity contribution in [1.82, 2.24) is 25.4 Å². The fraction of sp³-hybridized carbons (Fsp3) is 0.167. The fourth-order valence-corrected chi connectivity index (χ4v) is 4.77. The number of hydrogen-bond acceptors (Lipinski definition) is 9. The van der Waals surface area contributed by atoms with E-state index in [0.717, 1.165) is 22.4 Å². The number of aliphatic hydroxyl groups excluding tert-OH is 1. The highest BCUT2D eigenvalue weighted by Gasteiger charge is 2.35. The van der Waals surface area contributed by atoms with E-state index < -0.39 is 11.6 Å². The SMILES string of the molecule is CC1(C)NC(=O)c2ccc(Nc3cc(N[C@H](CO)c4ccccc4)c(-c4nc(-c5cccnc5)no4)cn3)cc21. The van der Waals surface area contributed by atoms with E-state index in [2.05, 4.69) is 36.1 Å². The van der Waals surface area contributed by atoms with Crippen molar-refractivity contribution < 1.29 is 14.4 Å². The third-order valence-electron chi connectivity index (χ3n) is 6.83. The van der Waals surface area contributed by atoms with Gasteiger partial charge in [-0.3, -0.25) is 9.78 Å². The monoisotopic (exact) mass is 533 g/mol. The van der Waals surface area contributed by atoms with Gasteiger partial charge in [-0.2, -0.15) is 4.98 Å². The Morgan fingerprint density at radius 3 is 2.65 bits per heavy atom. The van der Waals surface area contributed by atoms with Gasteiger partial charge in [0.1, 0.15) is 5.82 Å². The number of fused-ring (bicyclic) bond motifs is 1. The molecule has 40 heavy (non-hydrogen) atoms. The number of carbonyl (C=O) groups is 1. The second-order valence-corrected chi connectivity index (χ2v) is 10.0. The largest absolute Gasteiger partial charge is 0.394 e. The first kappa shape index (κ1) is 25.2. The van der Waals surface area contributed by atoms with E-state index in [9.17, 15) is 9.90 Å². The quantitative estimate of drug-likeness (QED) is 0.216. The molecule has 0 bridgehead atoms. The van der Waals surface area contributed by atoms with E-state index in [0.29, 0.717) is 28.5 Å². The summed E-state index contributed by atoms with van der Waals surface area (Å²) >= 11 is 0. The van der Waals surface area contributed by atoms with E-state index in [1.807, 2.05) is 74.5 Å². The Balaban J connectivity index is 1.36. The lowest BCUT2D eigenvalue weighted by Gasteiger charge is -2.21. The molecule has 10 nitrogen and oxygen atoms in total. The summed E-state index contributed by atoms with van der Waals surface area (Å²) in [5.74, 6) is 1.15. The predicted molar refractivity (Wildman–Crippen MR) is 151 cm³/mol. The van der Waals surface area contributed by atoms with Gasteiger partial charge in [-0.15, -0.1) is 0 Å². The first-order valence-electron chi connectivity index (χ1n) is 12.8. The highest BCUT2D eigenvalue weighted by atomic mass is 16.5. The van der Waals surface area contributed by atoms with Crippen molar-refractivity contribution in [2.24, 2.45) is 0 Å². The number of pyridine rings is 2. The topological polar surface area (TPSA) is 138 Å². The van der Waals surface area contributed by atoms with Gasteiger partial charge < -0.3 is 25.6 Å². The average Bonchev–Trinajstić information content (AvgIpc) is 3.55. The zero-order valence-corrected chi connectivity index (χ0v) is 21.9. The lowest BCUT2D eigenvalue weighted by Crippen LogP contribution is -2.32. The maximum Gasteiger partial charge on any atom is 0.261 e. The van der Waals surface area contributed by atoms with Gasteiger partial charge >= 0.3 is 0 Å². The molecule has 5 aromatic rings. The summed E-state index contributed by atoms with van der Waals surface area (Å²) in [6.45, 7) is 3.80. The molecule has 1 atom stereocenters. The van der Waals surface area contributed by atoms with Crippen LogP contribution >= 0.6 is 0 Å². The number of aliphatic hydroxyl groups is 1. The summed E-state index contributed by atoms with van der Waals surface area (Å²) in [4.78, 5) is 25.6. The van der Waals surface area contributed by atoms with Gasteiger partial charge in [0, 0.05) is 41.5 Å². The molecule has 1 aliphatic rings. The molecule has 1 amide bonds. The second kappa shape index (κ2) is 10.2. The van der Waals surface area contributed by atoms with E-state index in [1.165, 1.54) is 0 Å². The van der Waals surface area contributed by atoms with Crippen LogP contribution in [0.4, 0.5) is 17.2 Å². The van der Waals surface area contributed by atoms with Crippen LogP contribution in [-0.2, 0) is 5.54 Å². The number of nitrogens with zero attached hydrogens (tertiary/aromatic N) is 4. The molecule has 4 heterocycles. The maximum atomic E-state index is 12.3. The highest BCUT2D eigenvalue weighted by Crippen LogP contribution is 2.35. The van der Waals surface area contributed by atoms with Gasteiger partial charge in [-0.25, -0.2) is 4.98 Å².